The fourth-order valence-electron chi connectivity index (χ4n) is 5.96. The van der Waals surface area contributed by atoms with Crippen molar-refractivity contribution in [1.29, 1.82) is 0 Å². The summed E-state index contributed by atoms with van der Waals surface area (Å²) in [6, 6.07) is 13.0. The number of piperazine rings is 1. The van der Waals surface area contributed by atoms with Gasteiger partial charge in [-0.15, -0.1) is 0 Å². The highest BCUT2D eigenvalue weighted by molar-refractivity contribution is 5.75. The largest absolute Gasteiger partial charge is 0.495 e. The van der Waals surface area contributed by atoms with Gasteiger partial charge in [0.15, 0.2) is 0 Å². The third-order valence-corrected chi connectivity index (χ3v) is 8.12. The SMILES string of the molecule is CCCCN(C)C(=O)CC[C@@H]1CN(Cc2cccnc2)CC[C@@H]1N1CCN(c2ccccc2OC)CC1. The van der Waals surface area contributed by atoms with Crippen molar-refractivity contribution in [1.82, 2.24) is 19.7 Å². The smallest absolute Gasteiger partial charge is 0.222 e. The number of aromatic nitrogens is 1. The van der Waals surface area contributed by atoms with Crippen LogP contribution in [-0.4, -0.2) is 91.6 Å². The van der Waals surface area contributed by atoms with E-state index in [1.165, 1.54) is 11.3 Å². The molecule has 0 spiro atoms. The molecule has 4 rings (SSSR count). The minimum Gasteiger partial charge on any atom is -0.495 e. The molecule has 0 aliphatic carbocycles. The summed E-state index contributed by atoms with van der Waals surface area (Å²) >= 11 is 0. The Kier molecular flexibility index (Phi) is 10.2. The summed E-state index contributed by atoms with van der Waals surface area (Å²) in [4.78, 5) is 26.8. The Bertz CT molecular complexity index is 963. The third kappa shape index (κ3) is 7.45. The van der Waals surface area contributed by atoms with Crippen molar-refractivity contribution in [2.75, 3.05) is 64.9 Å². The first-order chi connectivity index (χ1) is 18.1. The Morgan fingerprint density at radius 2 is 1.92 bits per heavy atom. The van der Waals surface area contributed by atoms with Gasteiger partial charge in [0, 0.05) is 77.7 Å². The van der Waals surface area contributed by atoms with Crippen molar-refractivity contribution in [3.8, 4) is 5.75 Å². The van der Waals surface area contributed by atoms with E-state index in [1.54, 1.807) is 7.11 Å². The van der Waals surface area contributed by atoms with Crippen LogP contribution in [0.25, 0.3) is 0 Å². The maximum absolute atomic E-state index is 12.9. The normalized spacial score (nSPS) is 21.1. The molecule has 0 unspecified atom stereocenters. The number of ether oxygens (including phenoxy) is 1. The number of unbranched alkanes of at least 4 members (excludes halogenated alkanes) is 1. The molecule has 1 aromatic heterocycles. The van der Waals surface area contributed by atoms with Crippen LogP contribution in [0.3, 0.4) is 0 Å². The number of nitrogens with zero attached hydrogens (tertiary/aromatic N) is 5. The van der Waals surface area contributed by atoms with Crippen LogP contribution in [-0.2, 0) is 11.3 Å². The number of likely N-dealkylation sites (tertiary alicyclic amines) is 1. The van der Waals surface area contributed by atoms with E-state index in [9.17, 15) is 4.79 Å². The van der Waals surface area contributed by atoms with Gasteiger partial charge in [0.05, 0.1) is 12.8 Å². The standard InChI is InChI=1S/C30H45N5O2/c1-4-5-16-32(2)30(36)13-12-26-24-33(23-25-9-8-15-31-22-25)17-14-27(26)34-18-20-35(21-19-34)28-10-6-7-11-29(28)37-3/h6-11,15,22,26-27H,4-5,12-14,16-21,23-24H2,1-3H3/t26-,27+/m1/s1. The molecular weight excluding hydrogens is 462 g/mol. The van der Waals surface area contributed by atoms with Gasteiger partial charge < -0.3 is 14.5 Å². The van der Waals surface area contributed by atoms with Crippen LogP contribution >= 0.6 is 0 Å². The fraction of sp³-hybridized carbons (Fsp3) is 0.600. The summed E-state index contributed by atoms with van der Waals surface area (Å²) in [5, 5.41) is 0. The van der Waals surface area contributed by atoms with Crippen LogP contribution < -0.4 is 9.64 Å². The highest BCUT2D eigenvalue weighted by atomic mass is 16.5. The lowest BCUT2D eigenvalue weighted by Gasteiger charge is -2.47. The van der Waals surface area contributed by atoms with Gasteiger partial charge in [0.1, 0.15) is 5.75 Å². The van der Waals surface area contributed by atoms with Crippen molar-refractivity contribution < 1.29 is 9.53 Å². The van der Waals surface area contributed by atoms with E-state index in [0.717, 1.165) is 83.8 Å². The lowest BCUT2D eigenvalue weighted by molar-refractivity contribution is -0.130. The van der Waals surface area contributed by atoms with E-state index >= 15 is 0 Å². The first kappa shape index (κ1) is 27.4. The number of hydrogen-bond donors (Lipinski definition) is 0. The number of carbonyl (C=O) groups excluding carboxylic acids is 1. The average molecular weight is 508 g/mol. The van der Waals surface area contributed by atoms with Crippen LogP contribution in [0.4, 0.5) is 5.69 Å². The number of benzene rings is 1. The second kappa shape index (κ2) is 13.8. The van der Waals surface area contributed by atoms with E-state index < -0.39 is 0 Å². The van der Waals surface area contributed by atoms with E-state index in [2.05, 4.69) is 44.8 Å². The zero-order valence-corrected chi connectivity index (χ0v) is 23.0. The zero-order chi connectivity index (χ0) is 26.0. The number of methoxy groups -OCH3 is 1. The molecule has 7 heteroatoms. The van der Waals surface area contributed by atoms with Crippen LogP contribution in [0.15, 0.2) is 48.8 Å². The number of rotatable bonds is 11. The monoisotopic (exact) mass is 507 g/mol. The molecule has 0 bridgehead atoms. The van der Waals surface area contributed by atoms with Gasteiger partial charge in [-0.3, -0.25) is 19.6 Å². The molecule has 37 heavy (non-hydrogen) atoms. The number of carbonyl (C=O) groups is 1. The summed E-state index contributed by atoms with van der Waals surface area (Å²) < 4.78 is 5.62. The maximum Gasteiger partial charge on any atom is 0.222 e. The molecule has 2 aliphatic rings. The van der Waals surface area contributed by atoms with E-state index in [4.69, 9.17) is 4.74 Å². The van der Waals surface area contributed by atoms with Crippen molar-refractivity contribution in [3.63, 3.8) is 0 Å². The highest BCUT2D eigenvalue weighted by Crippen LogP contribution is 2.32. The molecule has 2 aromatic rings. The summed E-state index contributed by atoms with van der Waals surface area (Å²) in [6.07, 6.45) is 8.75. The molecule has 2 aliphatic heterocycles. The number of amides is 1. The summed E-state index contributed by atoms with van der Waals surface area (Å²) in [5.74, 6) is 1.73. The van der Waals surface area contributed by atoms with E-state index in [1.807, 2.05) is 42.5 Å². The molecule has 2 atom stereocenters. The summed E-state index contributed by atoms with van der Waals surface area (Å²) in [5.41, 5.74) is 2.45. The predicted molar refractivity (Wildman–Crippen MR) is 150 cm³/mol. The van der Waals surface area contributed by atoms with Crippen LogP contribution in [0.2, 0.25) is 0 Å². The van der Waals surface area contributed by atoms with Gasteiger partial charge in [-0.25, -0.2) is 0 Å². The summed E-state index contributed by atoms with van der Waals surface area (Å²) in [6.45, 7) is 10.2. The molecule has 202 valence electrons. The number of piperidine rings is 1. The van der Waals surface area contributed by atoms with Gasteiger partial charge in [0.25, 0.3) is 0 Å². The maximum atomic E-state index is 12.9. The fourth-order valence-corrected chi connectivity index (χ4v) is 5.96. The zero-order valence-electron chi connectivity index (χ0n) is 23.0. The number of pyridine rings is 1. The molecule has 0 saturated carbocycles. The van der Waals surface area contributed by atoms with E-state index in [0.29, 0.717) is 18.4 Å². The molecule has 7 nitrogen and oxygen atoms in total. The molecule has 1 amide bonds. The van der Waals surface area contributed by atoms with Crippen molar-refractivity contribution in [2.45, 2.75) is 51.6 Å². The van der Waals surface area contributed by atoms with Crippen molar-refractivity contribution in [3.05, 3.63) is 54.4 Å². The molecule has 2 saturated heterocycles. The lowest BCUT2D eigenvalue weighted by atomic mass is 9.86. The van der Waals surface area contributed by atoms with E-state index in [-0.39, 0.29) is 5.91 Å². The number of hydrogen-bond acceptors (Lipinski definition) is 6. The second-order valence-electron chi connectivity index (χ2n) is 10.6. The number of para-hydroxylation sites is 2. The summed E-state index contributed by atoms with van der Waals surface area (Å²) in [7, 11) is 3.71. The molecule has 0 N–H and O–H groups in total. The Morgan fingerprint density at radius 1 is 1.11 bits per heavy atom. The van der Waals surface area contributed by atoms with Gasteiger partial charge in [-0.2, -0.15) is 0 Å². The van der Waals surface area contributed by atoms with Gasteiger partial charge in [-0.05, 0) is 55.5 Å². The first-order valence-electron chi connectivity index (χ1n) is 14.1. The van der Waals surface area contributed by atoms with Gasteiger partial charge >= 0.3 is 0 Å². The quantitative estimate of drug-likeness (QED) is 0.456. The third-order valence-electron chi connectivity index (χ3n) is 8.12. The molecular formula is C30H45N5O2. The van der Waals surface area contributed by atoms with Crippen molar-refractivity contribution in [2.24, 2.45) is 5.92 Å². The van der Waals surface area contributed by atoms with Gasteiger partial charge in [-0.1, -0.05) is 31.5 Å². The second-order valence-corrected chi connectivity index (χ2v) is 10.6. The topological polar surface area (TPSA) is 52.2 Å². The Labute approximate surface area is 223 Å². The minimum atomic E-state index is 0.289. The van der Waals surface area contributed by atoms with Crippen LogP contribution in [0, 0.1) is 5.92 Å². The molecule has 3 heterocycles. The Balaban J connectivity index is 1.39. The first-order valence-corrected chi connectivity index (χ1v) is 14.1. The lowest BCUT2D eigenvalue weighted by Crippen LogP contribution is -2.56. The Morgan fingerprint density at radius 3 is 2.65 bits per heavy atom. The van der Waals surface area contributed by atoms with Gasteiger partial charge in [0.2, 0.25) is 5.91 Å². The predicted octanol–water partition coefficient (Wildman–Crippen LogP) is 4.14. The average Bonchev–Trinajstić information content (AvgIpc) is 2.95. The van der Waals surface area contributed by atoms with Crippen LogP contribution in [0.1, 0.15) is 44.6 Å². The molecule has 2 fully saturated rings. The van der Waals surface area contributed by atoms with Crippen LogP contribution in [0.5, 0.6) is 5.75 Å². The number of anilines is 1. The molecule has 0 radical (unpaired) electrons. The Hall–Kier alpha value is -2.64. The minimum absolute atomic E-state index is 0.289. The highest BCUT2D eigenvalue weighted by Gasteiger charge is 2.35. The van der Waals surface area contributed by atoms with Crippen molar-refractivity contribution >= 4 is 11.6 Å². The molecule has 1 aromatic carbocycles.